The van der Waals surface area contributed by atoms with Gasteiger partial charge in [-0.25, -0.2) is 8.42 Å². The zero-order chi connectivity index (χ0) is 15.7. The molecule has 0 unspecified atom stereocenters. The average molecular weight is 324 g/mol. The van der Waals surface area contributed by atoms with Gasteiger partial charge in [0, 0.05) is 11.6 Å². The highest BCUT2D eigenvalue weighted by Gasteiger charge is 2.30. The summed E-state index contributed by atoms with van der Waals surface area (Å²) in [6, 6.07) is 6.47. The van der Waals surface area contributed by atoms with Gasteiger partial charge in [0.25, 0.3) is 0 Å². The van der Waals surface area contributed by atoms with E-state index in [2.05, 4.69) is 12.4 Å². The first-order valence-electron chi connectivity index (χ1n) is 7.69. The van der Waals surface area contributed by atoms with Crippen molar-refractivity contribution in [3.63, 3.8) is 0 Å². The highest BCUT2D eigenvalue weighted by molar-refractivity contribution is 7.89. The summed E-state index contributed by atoms with van der Waals surface area (Å²) in [4.78, 5) is 13.3. The molecule has 0 bridgehead atoms. The molecule has 7 heteroatoms. The molecule has 1 aromatic carbocycles. The lowest BCUT2D eigenvalue weighted by atomic mass is 10.3. The highest BCUT2D eigenvalue weighted by Crippen LogP contribution is 2.30. The lowest BCUT2D eigenvalue weighted by Gasteiger charge is -2.29. The number of likely N-dealkylation sites (N-methyl/N-ethyl adjacent to an activating group) is 1. The van der Waals surface area contributed by atoms with Gasteiger partial charge in [0.05, 0.1) is 38.1 Å². The van der Waals surface area contributed by atoms with Crippen molar-refractivity contribution < 1.29 is 18.1 Å². The Bertz CT molecular complexity index is 645. The first-order chi connectivity index (χ1) is 10.5. The van der Waals surface area contributed by atoms with E-state index in [1.807, 2.05) is 0 Å². The number of sulfonamides is 1. The molecule has 1 saturated heterocycles. The van der Waals surface area contributed by atoms with Crippen molar-refractivity contribution in [2.75, 3.05) is 38.5 Å². The molecule has 0 spiro atoms. The first-order valence-corrected chi connectivity index (χ1v) is 9.13. The van der Waals surface area contributed by atoms with E-state index in [1.165, 1.54) is 9.21 Å². The normalized spacial score (nSPS) is 20.8. The number of nitrogens with one attached hydrogen (secondary N) is 2. The third kappa shape index (κ3) is 3.31. The van der Waals surface area contributed by atoms with Gasteiger partial charge in [-0.1, -0.05) is 0 Å². The zero-order valence-electron chi connectivity index (χ0n) is 12.7. The predicted molar refractivity (Wildman–Crippen MR) is 83.2 cm³/mol. The number of rotatable bonds is 4. The van der Waals surface area contributed by atoms with Crippen LogP contribution in [-0.4, -0.2) is 51.9 Å². The van der Waals surface area contributed by atoms with E-state index < -0.39 is 10.0 Å². The van der Waals surface area contributed by atoms with Gasteiger partial charge in [-0.3, -0.25) is 4.79 Å². The second-order valence-corrected chi connectivity index (χ2v) is 8.09. The smallest absolute Gasteiger partial charge is 0.243 e. The van der Waals surface area contributed by atoms with Crippen molar-refractivity contribution in [3.05, 3.63) is 24.3 Å². The molecule has 1 aliphatic heterocycles. The van der Waals surface area contributed by atoms with Crippen molar-refractivity contribution in [2.45, 2.75) is 17.7 Å². The molecule has 3 rings (SSSR count). The van der Waals surface area contributed by atoms with Crippen LogP contribution in [0.15, 0.2) is 29.2 Å². The van der Waals surface area contributed by atoms with Crippen LogP contribution in [-0.2, 0) is 14.8 Å². The molecule has 1 aliphatic carbocycles. The van der Waals surface area contributed by atoms with Crippen LogP contribution in [0.5, 0.6) is 0 Å². The number of benzene rings is 1. The molecule has 1 saturated carbocycles. The Labute approximate surface area is 131 Å². The summed E-state index contributed by atoms with van der Waals surface area (Å²) < 4.78 is 26.7. The summed E-state index contributed by atoms with van der Waals surface area (Å²) in [5, 5.41) is 2.82. The number of hydrogen-bond donors (Lipinski definition) is 2. The van der Waals surface area contributed by atoms with Crippen LogP contribution in [0.3, 0.4) is 0 Å². The third-order valence-electron chi connectivity index (χ3n) is 4.28. The molecular weight excluding hydrogens is 302 g/mol. The second kappa shape index (κ2) is 5.98. The van der Waals surface area contributed by atoms with Crippen LogP contribution in [0.1, 0.15) is 12.8 Å². The van der Waals surface area contributed by atoms with Gasteiger partial charge in [0.15, 0.2) is 0 Å². The zero-order valence-corrected chi connectivity index (χ0v) is 13.5. The van der Waals surface area contributed by atoms with Crippen LogP contribution in [0.25, 0.3) is 0 Å². The second-order valence-electron chi connectivity index (χ2n) is 6.15. The molecule has 120 valence electrons. The predicted octanol–water partition coefficient (Wildman–Crippen LogP) is -0.446. The summed E-state index contributed by atoms with van der Waals surface area (Å²) in [6.45, 7) is 2.76. The topological polar surface area (TPSA) is 70.9 Å². The minimum absolute atomic E-state index is 0.0256. The summed E-state index contributed by atoms with van der Waals surface area (Å²) in [6.07, 6.45) is 1.90. The van der Waals surface area contributed by atoms with Gasteiger partial charge >= 0.3 is 0 Å². The Morgan fingerprint density at radius 1 is 1.18 bits per heavy atom. The van der Waals surface area contributed by atoms with Gasteiger partial charge in [-0.05, 0) is 37.1 Å². The molecule has 1 heterocycles. The number of anilines is 1. The Morgan fingerprint density at radius 3 is 2.32 bits per heavy atom. The van der Waals surface area contributed by atoms with Gasteiger partial charge in [0.2, 0.25) is 15.9 Å². The minimum Gasteiger partial charge on any atom is -0.335 e. The maximum atomic E-state index is 12.6. The van der Waals surface area contributed by atoms with Crippen molar-refractivity contribution in [1.82, 2.24) is 4.31 Å². The first kappa shape index (κ1) is 15.5. The SMILES string of the molecule is C[NH+]1CCN(S(=O)(=O)c2ccc(NC(=O)C3CC3)cc2)CC1. The maximum absolute atomic E-state index is 12.6. The molecule has 0 atom stereocenters. The molecule has 1 aromatic rings. The van der Waals surface area contributed by atoms with Crippen molar-refractivity contribution in [3.8, 4) is 0 Å². The quantitative estimate of drug-likeness (QED) is 0.788. The molecule has 2 N–H and O–H groups in total. The molecule has 2 fully saturated rings. The van der Waals surface area contributed by atoms with Crippen LogP contribution in [0.4, 0.5) is 5.69 Å². The number of carbonyl (C=O) groups excluding carboxylic acids is 1. The van der Waals surface area contributed by atoms with Crippen molar-refractivity contribution in [1.29, 1.82) is 0 Å². The fourth-order valence-corrected chi connectivity index (χ4v) is 4.00. The Kier molecular flexibility index (Phi) is 4.20. The fraction of sp³-hybridized carbons (Fsp3) is 0.533. The number of nitrogens with zero attached hydrogens (tertiary/aromatic N) is 1. The molecule has 22 heavy (non-hydrogen) atoms. The van der Waals surface area contributed by atoms with E-state index in [9.17, 15) is 13.2 Å². The average Bonchev–Trinajstić information content (AvgIpc) is 3.33. The molecule has 0 radical (unpaired) electrons. The van der Waals surface area contributed by atoms with Crippen LogP contribution in [0.2, 0.25) is 0 Å². The molecule has 1 amide bonds. The number of piperazine rings is 1. The number of hydrogen-bond acceptors (Lipinski definition) is 3. The van der Waals surface area contributed by atoms with Crippen molar-refractivity contribution >= 4 is 21.6 Å². The Hall–Kier alpha value is -1.44. The maximum Gasteiger partial charge on any atom is 0.243 e. The Morgan fingerprint density at radius 2 is 1.77 bits per heavy atom. The van der Waals surface area contributed by atoms with Crippen LogP contribution in [0, 0.1) is 5.92 Å². The van der Waals surface area contributed by atoms with E-state index in [4.69, 9.17) is 0 Å². The van der Waals surface area contributed by atoms with E-state index >= 15 is 0 Å². The number of carbonyl (C=O) groups is 1. The summed E-state index contributed by atoms with van der Waals surface area (Å²) in [5.41, 5.74) is 0.652. The fourth-order valence-electron chi connectivity index (χ4n) is 2.56. The lowest BCUT2D eigenvalue weighted by Crippen LogP contribution is -3.12. The monoisotopic (exact) mass is 324 g/mol. The van der Waals surface area contributed by atoms with E-state index in [0.29, 0.717) is 18.8 Å². The van der Waals surface area contributed by atoms with Crippen LogP contribution < -0.4 is 10.2 Å². The Balaban J connectivity index is 1.69. The number of amides is 1. The van der Waals surface area contributed by atoms with Crippen LogP contribution >= 0.6 is 0 Å². The summed E-state index contributed by atoms with van der Waals surface area (Å²) >= 11 is 0. The molecule has 6 nitrogen and oxygen atoms in total. The van der Waals surface area contributed by atoms with E-state index in [-0.39, 0.29) is 16.7 Å². The van der Waals surface area contributed by atoms with E-state index in [0.717, 1.165) is 25.9 Å². The van der Waals surface area contributed by atoms with Crippen molar-refractivity contribution in [2.24, 2.45) is 5.92 Å². The minimum atomic E-state index is -3.43. The molecular formula is C15H22N3O3S+. The largest absolute Gasteiger partial charge is 0.335 e. The summed E-state index contributed by atoms with van der Waals surface area (Å²) in [7, 11) is -1.36. The third-order valence-corrected chi connectivity index (χ3v) is 6.20. The summed E-state index contributed by atoms with van der Waals surface area (Å²) in [5.74, 6) is 0.161. The molecule has 0 aromatic heterocycles. The van der Waals surface area contributed by atoms with Gasteiger partial charge in [-0.2, -0.15) is 4.31 Å². The van der Waals surface area contributed by atoms with Gasteiger partial charge in [-0.15, -0.1) is 0 Å². The van der Waals surface area contributed by atoms with E-state index in [1.54, 1.807) is 24.3 Å². The molecule has 2 aliphatic rings. The lowest BCUT2D eigenvalue weighted by molar-refractivity contribution is -0.883. The van der Waals surface area contributed by atoms with Gasteiger partial charge in [0.1, 0.15) is 0 Å². The number of quaternary nitrogens is 1. The highest BCUT2D eigenvalue weighted by atomic mass is 32.2. The standard InChI is InChI=1S/C15H21N3O3S/c1-17-8-10-18(11-9-17)22(20,21)14-6-4-13(5-7-14)16-15(19)12-2-3-12/h4-7,12H,2-3,8-11H2,1H3,(H,16,19)/p+1. The van der Waals surface area contributed by atoms with Gasteiger partial charge < -0.3 is 10.2 Å².